The first kappa shape index (κ1) is 8.27. The summed E-state index contributed by atoms with van der Waals surface area (Å²) in [6, 6.07) is 1.82. The molecule has 0 atom stereocenters. The third-order valence-electron chi connectivity index (χ3n) is 1.18. The van der Waals surface area contributed by atoms with Gasteiger partial charge in [0.25, 0.3) is 0 Å². The quantitative estimate of drug-likeness (QED) is 0.601. The van der Waals surface area contributed by atoms with Crippen LogP contribution in [0.4, 0.5) is 8.78 Å². The summed E-state index contributed by atoms with van der Waals surface area (Å²) >= 11 is 5.30. The molecule has 1 nitrogen and oxygen atoms in total. The van der Waals surface area contributed by atoms with E-state index in [1.807, 2.05) is 0 Å². The number of hydrogen-bond acceptors (Lipinski definition) is 1. The van der Waals surface area contributed by atoms with Crippen molar-refractivity contribution in [1.82, 2.24) is 0 Å². The van der Waals surface area contributed by atoms with Crippen LogP contribution in [0.15, 0.2) is 12.1 Å². The average molecular weight is 179 g/mol. The number of benzene rings is 1. The highest BCUT2D eigenvalue weighted by Crippen LogP contribution is 2.25. The third kappa shape index (κ3) is 1.60. The molecule has 0 fully saturated rings. The monoisotopic (exact) mass is 178 g/mol. The van der Waals surface area contributed by atoms with Crippen molar-refractivity contribution in [2.75, 3.05) is 7.11 Å². The molecule has 1 rings (SSSR count). The molecular weight excluding hydrogens is 174 g/mol. The van der Waals surface area contributed by atoms with E-state index in [1.165, 1.54) is 7.11 Å². The fraction of sp³-hybridized carbons (Fsp3) is 0.143. The van der Waals surface area contributed by atoms with Crippen molar-refractivity contribution in [3.63, 3.8) is 0 Å². The summed E-state index contributed by atoms with van der Waals surface area (Å²) in [6.07, 6.45) is 0. The van der Waals surface area contributed by atoms with Crippen molar-refractivity contribution in [3.05, 3.63) is 28.8 Å². The van der Waals surface area contributed by atoms with Gasteiger partial charge < -0.3 is 4.74 Å². The fourth-order valence-electron chi connectivity index (χ4n) is 0.681. The van der Waals surface area contributed by atoms with Crippen molar-refractivity contribution >= 4 is 11.6 Å². The summed E-state index contributed by atoms with van der Waals surface area (Å²) in [5, 5.41) is -0.276. The molecule has 0 saturated carbocycles. The fourth-order valence-corrected chi connectivity index (χ4v) is 0.878. The predicted octanol–water partition coefficient (Wildman–Crippen LogP) is 2.63. The van der Waals surface area contributed by atoms with Crippen LogP contribution in [0.3, 0.4) is 0 Å². The molecule has 0 amide bonds. The first-order valence-corrected chi connectivity index (χ1v) is 3.21. The Hall–Kier alpha value is -0.830. The molecule has 0 N–H and O–H groups in total. The van der Waals surface area contributed by atoms with E-state index in [2.05, 4.69) is 4.74 Å². The summed E-state index contributed by atoms with van der Waals surface area (Å²) in [5.41, 5.74) is 0. The van der Waals surface area contributed by atoms with E-state index in [0.717, 1.165) is 12.1 Å². The van der Waals surface area contributed by atoms with E-state index in [9.17, 15) is 8.78 Å². The summed E-state index contributed by atoms with van der Waals surface area (Å²) in [4.78, 5) is 0. The highest BCUT2D eigenvalue weighted by atomic mass is 35.5. The zero-order chi connectivity index (χ0) is 8.43. The zero-order valence-corrected chi connectivity index (χ0v) is 6.45. The molecule has 0 saturated heterocycles. The Morgan fingerprint density at radius 1 is 1.36 bits per heavy atom. The lowest BCUT2D eigenvalue weighted by Crippen LogP contribution is -1.90. The second kappa shape index (κ2) is 3.05. The lowest BCUT2D eigenvalue weighted by Gasteiger charge is -2.02. The molecule has 4 heteroatoms. The smallest absolute Gasteiger partial charge is 0.183 e. The van der Waals surface area contributed by atoms with E-state index in [-0.39, 0.29) is 10.8 Å². The summed E-state index contributed by atoms with van der Waals surface area (Å²) in [5.74, 6) is -1.54. The predicted molar refractivity (Wildman–Crippen MR) is 37.9 cm³/mol. The van der Waals surface area contributed by atoms with Gasteiger partial charge >= 0.3 is 0 Å². The zero-order valence-electron chi connectivity index (χ0n) is 5.70. The molecule has 0 heterocycles. The first-order valence-electron chi connectivity index (χ1n) is 2.83. The highest BCUT2D eigenvalue weighted by molar-refractivity contribution is 6.30. The van der Waals surface area contributed by atoms with Gasteiger partial charge in [-0.2, -0.15) is 0 Å². The van der Waals surface area contributed by atoms with Gasteiger partial charge in [-0.1, -0.05) is 11.6 Å². The van der Waals surface area contributed by atoms with Gasteiger partial charge in [0.05, 0.1) is 12.1 Å². The molecule has 11 heavy (non-hydrogen) atoms. The Kier molecular flexibility index (Phi) is 2.29. The highest BCUT2D eigenvalue weighted by Gasteiger charge is 2.08. The van der Waals surface area contributed by atoms with Crippen LogP contribution in [0.25, 0.3) is 0 Å². The molecule has 0 radical (unpaired) electrons. The van der Waals surface area contributed by atoms with Crippen LogP contribution in [-0.4, -0.2) is 7.11 Å². The summed E-state index contributed by atoms with van der Waals surface area (Å²) in [7, 11) is 1.24. The van der Waals surface area contributed by atoms with Gasteiger partial charge in [0, 0.05) is 6.07 Å². The maximum absolute atomic E-state index is 12.8. The van der Waals surface area contributed by atoms with Gasteiger partial charge in [-0.15, -0.1) is 0 Å². The van der Waals surface area contributed by atoms with E-state index in [0.29, 0.717) is 0 Å². The van der Waals surface area contributed by atoms with Crippen LogP contribution in [0.1, 0.15) is 0 Å². The first-order chi connectivity index (χ1) is 5.15. The van der Waals surface area contributed by atoms with E-state index < -0.39 is 11.6 Å². The average Bonchev–Trinajstić information content (AvgIpc) is 1.96. The van der Waals surface area contributed by atoms with Crippen molar-refractivity contribution in [2.45, 2.75) is 0 Å². The second-order valence-corrected chi connectivity index (χ2v) is 2.31. The van der Waals surface area contributed by atoms with Gasteiger partial charge in [0.1, 0.15) is 5.82 Å². The lowest BCUT2D eigenvalue weighted by atomic mass is 10.3. The maximum atomic E-state index is 12.8. The number of halogens is 3. The number of rotatable bonds is 1. The van der Waals surface area contributed by atoms with E-state index in [1.54, 1.807) is 0 Å². The number of methoxy groups -OCH3 is 1. The van der Waals surface area contributed by atoms with Crippen molar-refractivity contribution in [3.8, 4) is 5.75 Å². The van der Waals surface area contributed by atoms with E-state index >= 15 is 0 Å². The Morgan fingerprint density at radius 2 is 2.00 bits per heavy atom. The third-order valence-corrected chi connectivity index (χ3v) is 1.45. The van der Waals surface area contributed by atoms with Crippen molar-refractivity contribution < 1.29 is 13.5 Å². The van der Waals surface area contributed by atoms with Gasteiger partial charge in [-0.25, -0.2) is 8.78 Å². The number of ether oxygens (including phenoxy) is 1. The van der Waals surface area contributed by atoms with Gasteiger partial charge in [0.2, 0.25) is 0 Å². The largest absolute Gasteiger partial charge is 0.494 e. The van der Waals surface area contributed by atoms with Crippen LogP contribution >= 0.6 is 11.6 Å². The lowest BCUT2D eigenvalue weighted by molar-refractivity contribution is 0.383. The molecule has 1 aromatic carbocycles. The van der Waals surface area contributed by atoms with Crippen molar-refractivity contribution in [1.29, 1.82) is 0 Å². The molecular formula is C7H5ClF2O. The molecule has 1 aromatic rings. The van der Waals surface area contributed by atoms with Gasteiger partial charge in [-0.3, -0.25) is 0 Å². The molecule has 0 spiro atoms. The molecule has 0 bridgehead atoms. The van der Waals surface area contributed by atoms with Gasteiger partial charge in [-0.05, 0) is 6.07 Å². The Balaban J connectivity index is 3.24. The molecule has 0 unspecified atom stereocenters. The Morgan fingerprint density at radius 3 is 2.55 bits per heavy atom. The standard InChI is InChI=1S/C7H5ClF2O/c1-11-6-3-4(9)2-5(8)7(6)10/h2-3H,1H3. The minimum atomic E-state index is -0.740. The molecule has 0 aliphatic heterocycles. The minimum absolute atomic E-state index is 0.185. The summed E-state index contributed by atoms with van der Waals surface area (Å²) in [6.45, 7) is 0. The van der Waals surface area contributed by atoms with Crippen LogP contribution in [0, 0.1) is 11.6 Å². The SMILES string of the molecule is COc1cc(F)cc(Cl)c1F. The van der Waals surface area contributed by atoms with Gasteiger partial charge in [0.15, 0.2) is 11.6 Å². The normalized spacial score (nSPS) is 9.82. The van der Waals surface area contributed by atoms with Crippen LogP contribution < -0.4 is 4.74 Å². The van der Waals surface area contributed by atoms with E-state index in [4.69, 9.17) is 11.6 Å². The second-order valence-electron chi connectivity index (χ2n) is 1.90. The summed E-state index contributed by atoms with van der Waals surface area (Å²) < 4.78 is 29.7. The van der Waals surface area contributed by atoms with Crippen LogP contribution in [-0.2, 0) is 0 Å². The van der Waals surface area contributed by atoms with Crippen LogP contribution in [0.2, 0.25) is 5.02 Å². The Bertz CT molecular complexity index is 275. The van der Waals surface area contributed by atoms with Crippen LogP contribution in [0.5, 0.6) is 5.75 Å². The van der Waals surface area contributed by atoms with Crippen molar-refractivity contribution in [2.24, 2.45) is 0 Å². The maximum Gasteiger partial charge on any atom is 0.183 e. The minimum Gasteiger partial charge on any atom is -0.494 e. The molecule has 0 aromatic heterocycles. The number of hydrogen-bond donors (Lipinski definition) is 0. The molecule has 0 aliphatic carbocycles. The Labute approximate surface area is 67.5 Å². The molecule has 60 valence electrons. The topological polar surface area (TPSA) is 9.23 Å². The molecule has 0 aliphatic rings.